The highest BCUT2D eigenvalue weighted by Crippen LogP contribution is 2.43. The number of halogens is 3. The Bertz CT molecular complexity index is 1350. The molecule has 1 aromatic carbocycles. The van der Waals surface area contributed by atoms with Crippen molar-refractivity contribution < 1.29 is 27.4 Å². The fraction of sp³-hybridized carbons (Fsp3) is 0.647. The van der Waals surface area contributed by atoms with Gasteiger partial charge in [-0.2, -0.15) is 23.1 Å². The monoisotopic (exact) mass is 631 g/mol. The van der Waals surface area contributed by atoms with E-state index in [4.69, 9.17) is 19.9 Å². The summed E-state index contributed by atoms with van der Waals surface area (Å²) in [6.45, 7) is 15.3. The lowest BCUT2D eigenvalue weighted by Gasteiger charge is -2.32. The predicted molar refractivity (Wildman–Crippen MR) is 170 cm³/mol. The zero-order chi connectivity index (χ0) is 32.7. The van der Waals surface area contributed by atoms with E-state index in [0.717, 1.165) is 24.1 Å². The Kier molecular flexibility index (Phi) is 12.0. The second kappa shape index (κ2) is 15.5. The van der Waals surface area contributed by atoms with E-state index in [1.54, 1.807) is 0 Å². The first-order valence-electron chi connectivity index (χ1n) is 16.1. The smallest absolute Gasteiger partial charge is 0.417 e. The summed E-state index contributed by atoms with van der Waals surface area (Å²) in [6, 6.07) is 3.70. The van der Waals surface area contributed by atoms with Crippen LogP contribution in [-0.4, -0.2) is 67.4 Å². The van der Waals surface area contributed by atoms with Gasteiger partial charge >= 0.3 is 12.2 Å². The van der Waals surface area contributed by atoms with Crippen molar-refractivity contribution in [3.05, 3.63) is 40.1 Å². The van der Waals surface area contributed by atoms with Gasteiger partial charge in [-0.25, -0.2) is 0 Å². The SMILES string of the molecule is CC.CC#Cc1cc(N)cc(C2Cc3nc(OC)nc(N4CCOCC(C)C4)c3CO2)c1C(F)(F)F.CC1CC2CCCN2C1. The zero-order valence-corrected chi connectivity index (χ0v) is 27.5. The lowest BCUT2D eigenvalue weighted by Crippen LogP contribution is -2.32. The van der Waals surface area contributed by atoms with Gasteiger partial charge in [0, 0.05) is 48.9 Å². The summed E-state index contributed by atoms with van der Waals surface area (Å²) >= 11 is 0. The number of methoxy groups -OCH3 is 1. The molecule has 4 aliphatic rings. The minimum Gasteiger partial charge on any atom is -0.467 e. The Morgan fingerprint density at radius 2 is 1.87 bits per heavy atom. The van der Waals surface area contributed by atoms with Gasteiger partial charge in [-0.1, -0.05) is 33.6 Å². The Morgan fingerprint density at radius 1 is 1.09 bits per heavy atom. The molecule has 0 saturated carbocycles. The minimum atomic E-state index is -4.62. The van der Waals surface area contributed by atoms with Crippen LogP contribution >= 0.6 is 0 Å². The minimum absolute atomic E-state index is 0.0492. The Hall–Kier alpha value is -3.07. The molecule has 4 unspecified atom stereocenters. The van der Waals surface area contributed by atoms with Crippen LogP contribution in [0, 0.1) is 23.7 Å². The van der Waals surface area contributed by atoms with Gasteiger partial charge in [0.2, 0.25) is 0 Å². The first kappa shape index (κ1) is 34.8. The largest absolute Gasteiger partial charge is 0.467 e. The van der Waals surface area contributed by atoms with Crippen molar-refractivity contribution in [2.24, 2.45) is 11.8 Å². The number of nitrogens with zero attached hydrogens (tertiary/aromatic N) is 4. The molecule has 3 fully saturated rings. The number of rotatable bonds is 3. The fourth-order valence-corrected chi connectivity index (χ4v) is 6.79. The molecular weight excluding hydrogens is 583 g/mol. The van der Waals surface area contributed by atoms with Crippen molar-refractivity contribution in [2.45, 2.75) is 85.2 Å². The van der Waals surface area contributed by atoms with Gasteiger partial charge in [0.15, 0.2) is 0 Å². The average molecular weight is 632 g/mol. The van der Waals surface area contributed by atoms with Crippen molar-refractivity contribution in [3.8, 4) is 17.9 Å². The summed E-state index contributed by atoms with van der Waals surface area (Å²) in [5, 5.41) is 0. The van der Waals surface area contributed by atoms with Crippen LogP contribution in [0.1, 0.15) is 87.9 Å². The van der Waals surface area contributed by atoms with Crippen LogP contribution in [-0.2, 0) is 28.7 Å². The average Bonchev–Trinajstić information content (AvgIpc) is 3.51. The highest BCUT2D eigenvalue weighted by atomic mass is 19.4. The van der Waals surface area contributed by atoms with Gasteiger partial charge in [-0.3, -0.25) is 0 Å². The van der Waals surface area contributed by atoms with Crippen LogP contribution in [0.4, 0.5) is 24.7 Å². The number of nitrogen functional groups attached to an aromatic ring is 1. The van der Waals surface area contributed by atoms with E-state index >= 15 is 0 Å². The highest BCUT2D eigenvalue weighted by molar-refractivity contribution is 5.58. The van der Waals surface area contributed by atoms with Crippen LogP contribution in [0.2, 0.25) is 0 Å². The number of ether oxygens (including phenoxy) is 3. The number of fused-ring (bicyclic) bond motifs is 2. The van der Waals surface area contributed by atoms with Gasteiger partial charge < -0.3 is 29.7 Å². The molecule has 2 aromatic rings. The predicted octanol–water partition coefficient (Wildman–Crippen LogP) is 6.26. The van der Waals surface area contributed by atoms with Crippen molar-refractivity contribution in [2.75, 3.05) is 57.1 Å². The topological polar surface area (TPSA) is 86.0 Å². The fourth-order valence-electron chi connectivity index (χ4n) is 6.79. The van der Waals surface area contributed by atoms with E-state index in [0.29, 0.717) is 31.3 Å². The van der Waals surface area contributed by atoms with Crippen LogP contribution in [0.3, 0.4) is 0 Å². The molecule has 0 bridgehead atoms. The molecule has 5 heterocycles. The molecular formula is C34H48F3N5O3. The van der Waals surface area contributed by atoms with E-state index in [9.17, 15) is 13.2 Å². The molecule has 0 spiro atoms. The highest BCUT2D eigenvalue weighted by Gasteiger charge is 2.40. The van der Waals surface area contributed by atoms with Gasteiger partial charge in [0.05, 0.1) is 44.3 Å². The first-order valence-corrected chi connectivity index (χ1v) is 16.1. The summed E-state index contributed by atoms with van der Waals surface area (Å²) in [5.74, 6) is 7.01. The number of hydrogen-bond donors (Lipinski definition) is 1. The van der Waals surface area contributed by atoms with Crippen molar-refractivity contribution >= 4 is 11.5 Å². The van der Waals surface area contributed by atoms with Crippen molar-refractivity contribution in [1.29, 1.82) is 0 Å². The molecule has 11 heteroatoms. The maximum Gasteiger partial charge on any atom is 0.417 e. The number of nitrogens with two attached hydrogens (primary N) is 1. The summed E-state index contributed by atoms with van der Waals surface area (Å²) in [4.78, 5) is 13.8. The number of benzene rings is 1. The number of hydrogen-bond acceptors (Lipinski definition) is 8. The van der Waals surface area contributed by atoms with E-state index < -0.39 is 17.8 Å². The third kappa shape index (κ3) is 8.40. The number of aromatic nitrogens is 2. The Labute approximate surface area is 265 Å². The quantitative estimate of drug-likeness (QED) is 0.314. The maximum atomic E-state index is 14.1. The molecule has 248 valence electrons. The Balaban J connectivity index is 0.000000352. The number of anilines is 2. The summed E-state index contributed by atoms with van der Waals surface area (Å²) in [7, 11) is 1.46. The molecule has 45 heavy (non-hydrogen) atoms. The van der Waals surface area contributed by atoms with Gasteiger partial charge in [-0.15, -0.1) is 5.92 Å². The second-order valence-corrected chi connectivity index (χ2v) is 12.1. The normalized spacial score (nSPS) is 24.5. The van der Waals surface area contributed by atoms with Gasteiger partial charge in [0.25, 0.3) is 0 Å². The molecule has 3 saturated heterocycles. The molecule has 2 N–H and O–H groups in total. The van der Waals surface area contributed by atoms with Crippen LogP contribution < -0.4 is 15.4 Å². The van der Waals surface area contributed by atoms with Crippen molar-refractivity contribution in [1.82, 2.24) is 14.9 Å². The lowest BCUT2D eigenvalue weighted by molar-refractivity contribution is -0.140. The molecule has 8 nitrogen and oxygen atoms in total. The van der Waals surface area contributed by atoms with Crippen LogP contribution in [0.25, 0.3) is 0 Å². The second-order valence-electron chi connectivity index (χ2n) is 12.1. The van der Waals surface area contributed by atoms with Gasteiger partial charge in [-0.05, 0) is 62.3 Å². The molecule has 1 aromatic heterocycles. The first-order chi connectivity index (χ1) is 21.6. The summed E-state index contributed by atoms with van der Waals surface area (Å²) in [6.07, 6.45) is -0.999. The summed E-state index contributed by atoms with van der Waals surface area (Å²) in [5.41, 5.74) is 6.43. The van der Waals surface area contributed by atoms with E-state index in [1.807, 2.05) is 13.8 Å². The lowest BCUT2D eigenvalue weighted by atomic mass is 9.91. The standard InChI is InChI=1S/C24H27F3N4O3.C8H15N.C2H6/c1-4-5-15-8-16(28)9-17(21(15)24(25,26)27)20-10-19-18(13-34-20)22(30-23(29-19)32-3)31-6-7-33-12-14(2)11-31;1-7-5-8-3-2-4-9(8)6-7;1-2/h8-9,14,20H,6-7,10-13,28H2,1-3H3;7-8H,2-6H2,1H3;1-2H3. The van der Waals surface area contributed by atoms with Gasteiger partial charge in [0.1, 0.15) is 5.82 Å². The third-order valence-electron chi connectivity index (χ3n) is 8.58. The van der Waals surface area contributed by atoms with Crippen LogP contribution in [0.15, 0.2) is 12.1 Å². The Morgan fingerprint density at radius 3 is 2.56 bits per heavy atom. The molecule has 4 atom stereocenters. The maximum absolute atomic E-state index is 14.1. The molecule has 4 aliphatic heterocycles. The zero-order valence-electron chi connectivity index (χ0n) is 27.5. The molecule has 0 radical (unpaired) electrons. The summed E-state index contributed by atoms with van der Waals surface area (Å²) < 4.78 is 59.2. The molecule has 0 aliphatic carbocycles. The van der Waals surface area contributed by atoms with Crippen LogP contribution in [0.5, 0.6) is 6.01 Å². The van der Waals surface area contributed by atoms with Crippen molar-refractivity contribution in [3.63, 3.8) is 0 Å². The van der Waals surface area contributed by atoms with E-state index in [2.05, 4.69) is 45.5 Å². The molecule has 0 amide bonds. The molecule has 6 rings (SSSR count). The van der Waals surface area contributed by atoms with E-state index in [-0.39, 0.29) is 41.8 Å². The van der Waals surface area contributed by atoms with E-state index in [1.165, 1.54) is 58.5 Å². The number of alkyl halides is 3. The third-order valence-corrected chi connectivity index (χ3v) is 8.58.